The molecule has 2 saturated heterocycles. The Morgan fingerprint density at radius 3 is 3.22 bits per heavy atom. The van der Waals surface area contributed by atoms with Gasteiger partial charge in [0.05, 0.1) is 11.6 Å². The van der Waals surface area contributed by atoms with E-state index in [1.54, 1.807) is 12.3 Å². The molecule has 4 nitrogen and oxygen atoms in total. The number of nitrogens with zero attached hydrogens (tertiary/aromatic N) is 3. The topological polar surface area (TPSA) is 52.0 Å². The maximum absolute atomic E-state index is 8.98. The van der Waals surface area contributed by atoms with Crippen molar-refractivity contribution in [3.8, 4) is 6.07 Å². The van der Waals surface area contributed by atoms with Crippen LogP contribution in [0, 0.1) is 23.2 Å². The summed E-state index contributed by atoms with van der Waals surface area (Å²) in [7, 11) is 0. The van der Waals surface area contributed by atoms with Gasteiger partial charge in [0.15, 0.2) is 0 Å². The molecule has 0 aliphatic carbocycles. The zero-order valence-electron chi connectivity index (χ0n) is 10.6. The second-order valence-electron chi connectivity index (χ2n) is 5.22. The molecule has 3 atom stereocenters. The van der Waals surface area contributed by atoms with Crippen LogP contribution in [-0.2, 0) is 0 Å². The van der Waals surface area contributed by atoms with E-state index in [4.69, 9.17) is 5.26 Å². The highest BCUT2D eigenvalue weighted by molar-refractivity contribution is 5.47. The average molecular weight is 242 g/mol. The standard InChI is InChI=1S/C14H18N4/c1-2-13-12-8-16-7-11(12)9-18(13)14-5-10(6-15)3-4-17-14/h3-5,11-13,16H,2,7-9H2,1H3. The van der Waals surface area contributed by atoms with Crippen molar-refractivity contribution in [1.29, 1.82) is 5.26 Å². The lowest BCUT2D eigenvalue weighted by molar-refractivity contribution is 0.441. The van der Waals surface area contributed by atoms with Gasteiger partial charge in [0, 0.05) is 31.9 Å². The summed E-state index contributed by atoms with van der Waals surface area (Å²) in [5.74, 6) is 2.44. The summed E-state index contributed by atoms with van der Waals surface area (Å²) in [6.45, 7) is 5.55. The number of nitriles is 1. The van der Waals surface area contributed by atoms with E-state index in [0.29, 0.717) is 11.6 Å². The lowest BCUT2D eigenvalue weighted by Gasteiger charge is -2.27. The first-order chi connectivity index (χ1) is 8.83. The van der Waals surface area contributed by atoms with E-state index in [1.807, 2.05) is 6.07 Å². The third-order valence-electron chi connectivity index (χ3n) is 4.30. The summed E-state index contributed by atoms with van der Waals surface area (Å²) in [6, 6.07) is 6.44. The molecule has 2 aliphatic heterocycles. The Labute approximate surface area is 108 Å². The zero-order chi connectivity index (χ0) is 12.5. The number of pyridine rings is 1. The fraction of sp³-hybridized carbons (Fsp3) is 0.571. The van der Waals surface area contributed by atoms with E-state index in [1.165, 1.54) is 0 Å². The molecular formula is C14H18N4. The van der Waals surface area contributed by atoms with Gasteiger partial charge in [0.25, 0.3) is 0 Å². The van der Waals surface area contributed by atoms with Crippen LogP contribution in [0.3, 0.4) is 0 Å². The first-order valence-electron chi connectivity index (χ1n) is 6.67. The minimum Gasteiger partial charge on any atom is -0.353 e. The largest absolute Gasteiger partial charge is 0.353 e. The number of aromatic nitrogens is 1. The second kappa shape index (κ2) is 4.58. The van der Waals surface area contributed by atoms with Gasteiger partial charge in [-0.3, -0.25) is 0 Å². The normalized spacial score (nSPS) is 30.2. The first kappa shape index (κ1) is 11.5. The Kier molecular flexibility index (Phi) is 2.92. The number of hydrogen-bond acceptors (Lipinski definition) is 4. The smallest absolute Gasteiger partial charge is 0.130 e. The van der Waals surface area contributed by atoms with Crippen LogP contribution in [0.1, 0.15) is 18.9 Å². The van der Waals surface area contributed by atoms with Gasteiger partial charge < -0.3 is 10.2 Å². The molecule has 94 valence electrons. The Morgan fingerprint density at radius 2 is 2.44 bits per heavy atom. The molecule has 3 heterocycles. The van der Waals surface area contributed by atoms with Crippen molar-refractivity contribution in [3.63, 3.8) is 0 Å². The first-order valence-corrected chi connectivity index (χ1v) is 6.67. The number of anilines is 1. The number of fused-ring (bicyclic) bond motifs is 1. The van der Waals surface area contributed by atoms with Gasteiger partial charge in [-0.05, 0) is 30.4 Å². The summed E-state index contributed by atoms with van der Waals surface area (Å²) >= 11 is 0. The van der Waals surface area contributed by atoms with Crippen LogP contribution in [0.5, 0.6) is 0 Å². The Bertz CT molecular complexity index is 479. The maximum Gasteiger partial charge on any atom is 0.130 e. The summed E-state index contributed by atoms with van der Waals surface area (Å²) < 4.78 is 0. The number of rotatable bonds is 2. The summed E-state index contributed by atoms with van der Waals surface area (Å²) in [5, 5.41) is 12.5. The molecule has 2 fully saturated rings. The van der Waals surface area contributed by atoms with Crippen LogP contribution < -0.4 is 10.2 Å². The van der Waals surface area contributed by atoms with Gasteiger partial charge in [0.1, 0.15) is 5.82 Å². The molecule has 3 unspecified atom stereocenters. The van der Waals surface area contributed by atoms with Crippen molar-refractivity contribution in [2.24, 2.45) is 11.8 Å². The maximum atomic E-state index is 8.98. The summed E-state index contributed by atoms with van der Waals surface area (Å²) in [5.41, 5.74) is 0.699. The molecule has 4 heteroatoms. The fourth-order valence-corrected chi connectivity index (χ4v) is 3.45. The fourth-order valence-electron chi connectivity index (χ4n) is 3.45. The SMILES string of the molecule is CCC1C2CNCC2CN1c1cc(C#N)ccn1. The van der Waals surface area contributed by atoms with Crippen LogP contribution >= 0.6 is 0 Å². The third-order valence-corrected chi connectivity index (χ3v) is 4.30. The Hall–Kier alpha value is -1.60. The second-order valence-corrected chi connectivity index (χ2v) is 5.22. The highest BCUT2D eigenvalue weighted by Gasteiger charge is 2.43. The lowest BCUT2D eigenvalue weighted by atomic mass is 9.93. The predicted molar refractivity (Wildman–Crippen MR) is 70.2 cm³/mol. The van der Waals surface area contributed by atoms with Crippen LogP contribution in [0.2, 0.25) is 0 Å². The highest BCUT2D eigenvalue weighted by Crippen LogP contribution is 2.36. The van der Waals surface area contributed by atoms with E-state index >= 15 is 0 Å². The minimum absolute atomic E-state index is 0.562. The molecule has 0 saturated carbocycles. The minimum atomic E-state index is 0.562. The van der Waals surface area contributed by atoms with Gasteiger partial charge in [-0.2, -0.15) is 5.26 Å². The molecule has 3 rings (SSSR count). The molecule has 0 radical (unpaired) electrons. The molecule has 0 bridgehead atoms. The van der Waals surface area contributed by atoms with Crippen molar-refractivity contribution in [1.82, 2.24) is 10.3 Å². The highest BCUT2D eigenvalue weighted by atomic mass is 15.3. The van der Waals surface area contributed by atoms with Crippen molar-refractivity contribution >= 4 is 5.82 Å². The molecular weight excluding hydrogens is 224 g/mol. The number of hydrogen-bond donors (Lipinski definition) is 1. The molecule has 1 N–H and O–H groups in total. The summed E-state index contributed by atoms with van der Waals surface area (Å²) in [6.07, 6.45) is 2.88. The molecule has 0 spiro atoms. The zero-order valence-corrected chi connectivity index (χ0v) is 10.6. The molecule has 0 aromatic carbocycles. The van der Waals surface area contributed by atoms with Crippen LogP contribution in [0.25, 0.3) is 0 Å². The van der Waals surface area contributed by atoms with Crippen LogP contribution in [0.4, 0.5) is 5.82 Å². The van der Waals surface area contributed by atoms with Crippen LogP contribution in [0.15, 0.2) is 18.3 Å². The molecule has 1 aromatic rings. The van der Waals surface area contributed by atoms with Gasteiger partial charge in [-0.25, -0.2) is 4.98 Å². The van der Waals surface area contributed by atoms with E-state index in [-0.39, 0.29) is 0 Å². The Balaban J connectivity index is 1.89. The summed E-state index contributed by atoms with van der Waals surface area (Å²) in [4.78, 5) is 6.85. The van der Waals surface area contributed by atoms with Gasteiger partial charge >= 0.3 is 0 Å². The quantitative estimate of drug-likeness (QED) is 0.851. The van der Waals surface area contributed by atoms with Crippen molar-refractivity contribution < 1.29 is 0 Å². The van der Waals surface area contributed by atoms with Gasteiger partial charge in [-0.1, -0.05) is 6.92 Å². The number of nitrogens with one attached hydrogen (secondary N) is 1. The monoisotopic (exact) mass is 242 g/mol. The van der Waals surface area contributed by atoms with Crippen molar-refractivity contribution in [3.05, 3.63) is 23.9 Å². The van der Waals surface area contributed by atoms with E-state index in [0.717, 1.165) is 43.7 Å². The van der Waals surface area contributed by atoms with Crippen LogP contribution in [-0.4, -0.2) is 30.7 Å². The predicted octanol–water partition coefficient (Wildman–Crippen LogP) is 1.39. The van der Waals surface area contributed by atoms with E-state index < -0.39 is 0 Å². The molecule has 2 aliphatic rings. The molecule has 0 amide bonds. The Morgan fingerprint density at radius 1 is 1.56 bits per heavy atom. The average Bonchev–Trinajstić information content (AvgIpc) is 2.98. The molecule has 18 heavy (non-hydrogen) atoms. The lowest BCUT2D eigenvalue weighted by Crippen LogP contribution is -2.35. The van der Waals surface area contributed by atoms with Crippen molar-refractivity contribution in [2.75, 3.05) is 24.5 Å². The third kappa shape index (κ3) is 1.75. The molecule has 1 aromatic heterocycles. The van der Waals surface area contributed by atoms with Crippen molar-refractivity contribution in [2.45, 2.75) is 19.4 Å². The van der Waals surface area contributed by atoms with E-state index in [9.17, 15) is 0 Å². The van der Waals surface area contributed by atoms with Gasteiger partial charge in [0.2, 0.25) is 0 Å². The van der Waals surface area contributed by atoms with Gasteiger partial charge in [-0.15, -0.1) is 0 Å². The van der Waals surface area contributed by atoms with E-state index in [2.05, 4.69) is 28.2 Å².